The van der Waals surface area contributed by atoms with Crippen LogP contribution in [0.5, 0.6) is 11.5 Å². The Balaban J connectivity index is 1.76. The third kappa shape index (κ3) is 3.56. The molecule has 0 aliphatic carbocycles. The smallest absolute Gasteiger partial charge is 0.229 e. The molecule has 1 heterocycles. The Bertz CT molecular complexity index is 815. The Morgan fingerprint density at radius 2 is 1.81 bits per heavy atom. The van der Waals surface area contributed by atoms with E-state index in [1.165, 1.54) is 0 Å². The maximum absolute atomic E-state index is 12.5. The largest absolute Gasteiger partial charge is 0.497 e. The van der Waals surface area contributed by atoms with Gasteiger partial charge >= 0.3 is 0 Å². The zero-order valence-corrected chi connectivity index (χ0v) is 14.7. The van der Waals surface area contributed by atoms with Crippen LogP contribution in [0.1, 0.15) is 6.42 Å². The van der Waals surface area contributed by atoms with Crippen LogP contribution in [-0.4, -0.2) is 32.6 Å². The normalized spacial score (nSPS) is 16.5. The lowest BCUT2D eigenvalue weighted by Gasteiger charge is -2.18. The van der Waals surface area contributed by atoms with Crippen molar-refractivity contribution in [1.82, 2.24) is 0 Å². The Morgan fingerprint density at radius 1 is 1.15 bits per heavy atom. The molecule has 2 aromatic carbocycles. The summed E-state index contributed by atoms with van der Waals surface area (Å²) >= 11 is 0. The molecule has 2 aromatic rings. The molecule has 3 N–H and O–H groups in total. The van der Waals surface area contributed by atoms with Crippen molar-refractivity contribution in [3.63, 3.8) is 0 Å². The summed E-state index contributed by atoms with van der Waals surface area (Å²) in [5.41, 5.74) is 7.53. The monoisotopic (exact) mass is 355 g/mol. The van der Waals surface area contributed by atoms with Gasteiger partial charge in [-0.3, -0.25) is 9.59 Å². The van der Waals surface area contributed by atoms with Crippen LogP contribution >= 0.6 is 0 Å². The van der Waals surface area contributed by atoms with E-state index in [0.29, 0.717) is 28.6 Å². The van der Waals surface area contributed by atoms with E-state index in [2.05, 4.69) is 5.32 Å². The van der Waals surface area contributed by atoms with Crippen molar-refractivity contribution in [1.29, 1.82) is 0 Å². The van der Waals surface area contributed by atoms with E-state index < -0.39 is 5.92 Å². The molecule has 26 heavy (non-hydrogen) atoms. The van der Waals surface area contributed by atoms with Crippen LogP contribution in [0.4, 0.5) is 17.1 Å². The first-order valence-electron chi connectivity index (χ1n) is 8.20. The molecule has 1 unspecified atom stereocenters. The summed E-state index contributed by atoms with van der Waals surface area (Å²) in [5, 5.41) is 2.80. The number of nitrogen functional groups attached to an aromatic ring is 1. The highest BCUT2D eigenvalue weighted by molar-refractivity contribution is 6.04. The van der Waals surface area contributed by atoms with E-state index in [0.717, 1.165) is 0 Å². The fourth-order valence-electron chi connectivity index (χ4n) is 2.93. The van der Waals surface area contributed by atoms with E-state index in [4.69, 9.17) is 15.2 Å². The van der Waals surface area contributed by atoms with Gasteiger partial charge in [0.2, 0.25) is 11.8 Å². The third-order valence-corrected chi connectivity index (χ3v) is 4.36. The first-order chi connectivity index (χ1) is 12.5. The number of methoxy groups -OCH3 is 2. The molecule has 1 aliphatic heterocycles. The summed E-state index contributed by atoms with van der Waals surface area (Å²) < 4.78 is 10.5. The highest BCUT2D eigenvalue weighted by Gasteiger charge is 2.35. The van der Waals surface area contributed by atoms with Gasteiger partial charge in [0, 0.05) is 31.2 Å². The Hall–Kier alpha value is -3.22. The van der Waals surface area contributed by atoms with Crippen molar-refractivity contribution in [2.75, 3.05) is 36.7 Å². The zero-order chi connectivity index (χ0) is 18.7. The molecule has 0 aromatic heterocycles. The van der Waals surface area contributed by atoms with Crippen molar-refractivity contribution in [3.8, 4) is 11.5 Å². The molecule has 0 saturated carbocycles. The van der Waals surface area contributed by atoms with Gasteiger partial charge in [0.25, 0.3) is 0 Å². The molecule has 0 radical (unpaired) electrons. The Labute approximate surface area is 151 Å². The molecule has 7 nitrogen and oxygen atoms in total. The minimum Gasteiger partial charge on any atom is -0.497 e. The van der Waals surface area contributed by atoms with Crippen LogP contribution in [0.2, 0.25) is 0 Å². The molecule has 1 fully saturated rings. The fourth-order valence-corrected chi connectivity index (χ4v) is 2.93. The van der Waals surface area contributed by atoms with Gasteiger partial charge in [-0.2, -0.15) is 0 Å². The second kappa shape index (κ2) is 7.35. The molecule has 1 atom stereocenters. The van der Waals surface area contributed by atoms with Gasteiger partial charge in [0.1, 0.15) is 11.5 Å². The highest BCUT2D eigenvalue weighted by atomic mass is 16.5. The molecule has 0 spiro atoms. The van der Waals surface area contributed by atoms with E-state index >= 15 is 0 Å². The van der Waals surface area contributed by atoms with Crippen LogP contribution in [0, 0.1) is 5.92 Å². The lowest BCUT2D eigenvalue weighted by molar-refractivity contribution is -0.122. The third-order valence-electron chi connectivity index (χ3n) is 4.36. The molecule has 136 valence electrons. The number of hydrogen-bond donors (Lipinski definition) is 2. The van der Waals surface area contributed by atoms with E-state index in [-0.39, 0.29) is 24.8 Å². The molecular weight excluding hydrogens is 334 g/mol. The minimum absolute atomic E-state index is 0.124. The van der Waals surface area contributed by atoms with Crippen LogP contribution < -0.4 is 25.4 Å². The predicted molar refractivity (Wildman–Crippen MR) is 99.5 cm³/mol. The molecule has 0 bridgehead atoms. The van der Waals surface area contributed by atoms with Crippen LogP contribution in [0.25, 0.3) is 0 Å². The molecule has 1 aliphatic rings. The maximum atomic E-state index is 12.5. The van der Waals surface area contributed by atoms with Crippen molar-refractivity contribution in [2.45, 2.75) is 6.42 Å². The number of amides is 2. The zero-order valence-electron chi connectivity index (χ0n) is 14.7. The summed E-state index contributed by atoms with van der Waals surface area (Å²) in [6.45, 7) is 0.285. The second-order valence-electron chi connectivity index (χ2n) is 6.05. The van der Waals surface area contributed by atoms with Crippen LogP contribution in [0.3, 0.4) is 0 Å². The number of benzene rings is 2. The summed E-state index contributed by atoms with van der Waals surface area (Å²) in [7, 11) is 3.09. The lowest BCUT2D eigenvalue weighted by Crippen LogP contribution is -2.28. The van der Waals surface area contributed by atoms with Crippen molar-refractivity contribution < 1.29 is 19.1 Å². The van der Waals surface area contributed by atoms with E-state index in [1.54, 1.807) is 61.6 Å². The van der Waals surface area contributed by atoms with Crippen LogP contribution in [-0.2, 0) is 9.59 Å². The van der Waals surface area contributed by atoms with E-state index in [1.807, 2.05) is 0 Å². The summed E-state index contributed by atoms with van der Waals surface area (Å²) in [4.78, 5) is 26.6. The Morgan fingerprint density at radius 3 is 2.42 bits per heavy atom. The standard InChI is InChI=1S/C19H21N3O4/c1-25-14-8-13(9-15(10-14)26-2)22-11-12(7-18(22)23)19(24)21-17-6-4-3-5-16(17)20/h3-6,8-10,12H,7,11,20H2,1-2H3,(H,21,24). The van der Waals surface area contributed by atoms with Gasteiger partial charge in [-0.15, -0.1) is 0 Å². The average molecular weight is 355 g/mol. The summed E-state index contributed by atoms with van der Waals surface area (Å²) in [6, 6.07) is 12.2. The lowest BCUT2D eigenvalue weighted by atomic mass is 10.1. The van der Waals surface area contributed by atoms with Gasteiger partial charge < -0.3 is 25.4 Å². The molecule has 2 amide bonds. The highest BCUT2D eigenvalue weighted by Crippen LogP contribution is 2.32. The van der Waals surface area contributed by atoms with E-state index in [9.17, 15) is 9.59 Å². The first-order valence-corrected chi connectivity index (χ1v) is 8.20. The number of ether oxygens (including phenoxy) is 2. The predicted octanol–water partition coefficient (Wildman–Crippen LogP) is 2.28. The number of nitrogens with one attached hydrogen (secondary N) is 1. The van der Waals surface area contributed by atoms with Gasteiger partial charge in [0.05, 0.1) is 37.2 Å². The topological polar surface area (TPSA) is 93.9 Å². The average Bonchev–Trinajstić information content (AvgIpc) is 3.05. The minimum atomic E-state index is -0.459. The van der Waals surface area contributed by atoms with Gasteiger partial charge in [-0.1, -0.05) is 12.1 Å². The SMILES string of the molecule is COc1cc(OC)cc(N2CC(C(=O)Nc3ccccc3N)CC2=O)c1. The molecular formula is C19H21N3O4. The number of para-hydroxylation sites is 2. The van der Waals surface area contributed by atoms with Gasteiger partial charge in [-0.25, -0.2) is 0 Å². The van der Waals surface area contributed by atoms with Crippen molar-refractivity contribution >= 4 is 28.9 Å². The molecule has 3 rings (SSSR count). The van der Waals surface area contributed by atoms with Gasteiger partial charge in [-0.05, 0) is 12.1 Å². The van der Waals surface area contributed by atoms with Crippen molar-refractivity contribution in [3.05, 3.63) is 42.5 Å². The number of carbonyl (C=O) groups is 2. The Kier molecular flexibility index (Phi) is 4.97. The maximum Gasteiger partial charge on any atom is 0.229 e. The van der Waals surface area contributed by atoms with Crippen molar-refractivity contribution in [2.24, 2.45) is 5.92 Å². The number of hydrogen-bond acceptors (Lipinski definition) is 5. The first kappa shape index (κ1) is 17.6. The van der Waals surface area contributed by atoms with Crippen LogP contribution in [0.15, 0.2) is 42.5 Å². The second-order valence-corrected chi connectivity index (χ2v) is 6.05. The molecule has 1 saturated heterocycles. The summed E-state index contributed by atoms with van der Waals surface area (Å²) in [5.74, 6) is 0.351. The summed E-state index contributed by atoms with van der Waals surface area (Å²) in [6.07, 6.45) is 0.137. The quantitative estimate of drug-likeness (QED) is 0.803. The number of anilines is 3. The number of nitrogens with two attached hydrogens (primary N) is 1. The number of rotatable bonds is 5. The van der Waals surface area contributed by atoms with Gasteiger partial charge in [0.15, 0.2) is 0 Å². The fraction of sp³-hybridized carbons (Fsp3) is 0.263. The molecule has 7 heteroatoms. The number of nitrogens with zero attached hydrogens (tertiary/aromatic N) is 1. The number of carbonyl (C=O) groups excluding carboxylic acids is 2.